The van der Waals surface area contributed by atoms with Gasteiger partial charge in [-0.05, 0) is 26.7 Å². The highest BCUT2D eigenvalue weighted by Crippen LogP contribution is 2.04. The number of nitrogens with two attached hydrogens (primary N) is 2. The standard InChI is InChI=1S/C18H31N5O10/c1-7(24)13(20)16(30)21-9(3-5-11(19)26)15(29)23-14(8(2)25)17(31)22-10(18(32)33)4-6-12(27)28/h7-10,13-14,24-25H,3-6,20H2,1-2H3,(H2,19,26)(H,21,30)(H,22,31)(H,23,29)(H,27,28)(H,32,33). The number of hydrogen-bond donors (Lipinski definition) is 9. The van der Waals surface area contributed by atoms with Crippen molar-refractivity contribution in [1.82, 2.24) is 16.0 Å². The first kappa shape index (κ1) is 29.7. The minimum absolute atomic E-state index is 0.302. The fourth-order valence-electron chi connectivity index (χ4n) is 2.49. The third kappa shape index (κ3) is 11.2. The van der Waals surface area contributed by atoms with E-state index in [0.717, 1.165) is 6.92 Å². The summed E-state index contributed by atoms with van der Waals surface area (Å²) in [5.41, 5.74) is 10.6. The van der Waals surface area contributed by atoms with Crippen molar-refractivity contribution < 1.29 is 49.2 Å². The van der Waals surface area contributed by atoms with Gasteiger partial charge in [0.1, 0.15) is 24.2 Å². The molecular formula is C18H31N5O10. The van der Waals surface area contributed by atoms with Crippen LogP contribution in [0.1, 0.15) is 39.5 Å². The highest BCUT2D eigenvalue weighted by Gasteiger charge is 2.33. The van der Waals surface area contributed by atoms with Crippen LogP contribution in [0.25, 0.3) is 0 Å². The fraction of sp³-hybridized carbons (Fsp3) is 0.667. The Morgan fingerprint density at radius 1 is 0.758 bits per heavy atom. The van der Waals surface area contributed by atoms with Crippen LogP contribution in [-0.2, 0) is 28.8 Å². The summed E-state index contributed by atoms with van der Waals surface area (Å²) in [6.45, 7) is 2.36. The predicted molar refractivity (Wildman–Crippen MR) is 110 cm³/mol. The van der Waals surface area contributed by atoms with Crippen molar-refractivity contribution >= 4 is 35.6 Å². The minimum atomic E-state index is -1.69. The second-order valence-corrected chi connectivity index (χ2v) is 7.39. The van der Waals surface area contributed by atoms with Crippen LogP contribution in [0, 0.1) is 0 Å². The van der Waals surface area contributed by atoms with E-state index in [1.807, 2.05) is 5.32 Å². The molecule has 11 N–H and O–H groups in total. The molecule has 6 unspecified atom stereocenters. The van der Waals surface area contributed by atoms with Gasteiger partial charge in [-0.3, -0.25) is 24.0 Å². The highest BCUT2D eigenvalue weighted by molar-refractivity contribution is 5.94. The molecule has 0 rings (SSSR count). The van der Waals surface area contributed by atoms with Gasteiger partial charge in [0.15, 0.2) is 0 Å². The number of carbonyl (C=O) groups is 6. The number of amides is 4. The molecule has 0 fully saturated rings. The van der Waals surface area contributed by atoms with Crippen LogP contribution in [0.2, 0.25) is 0 Å². The minimum Gasteiger partial charge on any atom is -0.481 e. The van der Waals surface area contributed by atoms with Crippen LogP contribution in [0.3, 0.4) is 0 Å². The van der Waals surface area contributed by atoms with Gasteiger partial charge in [-0.2, -0.15) is 0 Å². The van der Waals surface area contributed by atoms with Crippen molar-refractivity contribution in [2.75, 3.05) is 0 Å². The summed E-state index contributed by atoms with van der Waals surface area (Å²) in [4.78, 5) is 70.3. The number of carbonyl (C=O) groups excluding carboxylic acids is 4. The molecular weight excluding hydrogens is 446 g/mol. The van der Waals surface area contributed by atoms with Crippen LogP contribution in [0.5, 0.6) is 0 Å². The van der Waals surface area contributed by atoms with E-state index in [4.69, 9.17) is 21.7 Å². The molecule has 0 saturated carbocycles. The molecule has 0 aromatic rings. The van der Waals surface area contributed by atoms with Crippen molar-refractivity contribution in [2.24, 2.45) is 11.5 Å². The van der Waals surface area contributed by atoms with Crippen molar-refractivity contribution in [3.8, 4) is 0 Å². The third-order valence-corrected chi connectivity index (χ3v) is 4.46. The Balaban J connectivity index is 5.49. The van der Waals surface area contributed by atoms with E-state index in [9.17, 15) is 39.0 Å². The van der Waals surface area contributed by atoms with Crippen LogP contribution < -0.4 is 27.4 Å². The Kier molecular flexibility index (Phi) is 12.6. The molecule has 0 spiro atoms. The Hall–Kier alpha value is -3.30. The summed E-state index contributed by atoms with van der Waals surface area (Å²) in [6, 6.07) is -6.15. The van der Waals surface area contributed by atoms with Gasteiger partial charge in [0.2, 0.25) is 23.6 Å². The Labute approximate surface area is 188 Å². The monoisotopic (exact) mass is 477 g/mol. The number of carboxylic acid groups (broad SMARTS) is 2. The van der Waals surface area contributed by atoms with E-state index < -0.39 is 84.8 Å². The average molecular weight is 477 g/mol. The average Bonchev–Trinajstić information content (AvgIpc) is 2.70. The molecule has 0 saturated heterocycles. The lowest BCUT2D eigenvalue weighted by Gasteiger charge is -2.26. The maximum absolute atomic E-state index is 12.7. The zero-order valence-corrected chi connectivity index (χ0v) is 18.2. The van der Waals surface area contributed by atoms with E-state index in [-0.39, 0.29) is 12.8 Å². The second-order valence-electron chi connectivity index (χ2n) is 7.39. The number of aliphatic hydroxyl groups excluding tert-OH is 2. The maximum atomic E-state index is 12.7. The molecule has 0 aliphatic rings. The van der Waals surface area contributed by atoms with Crippen molar-refractivity contribution in [3.05, 3.63) is 0 Å². The fourth-order valence-corrected chi connectivity index (χ4v) is 2.49. The molecule has 6 atom stereocenters. The predicted octanol–water partition coefficient (Wildman–Crippen LogP) is -4.26. The summed E-state index contributed by atoms with van der Waals surface area (Å²) >= 11 is 0. The van der Waals surface area contributed by atoms with Crippen LogP contribution >= 0.6 is 0 Å². The highest BCUT2D eigenvalue weighted by atomic mass is 16.4. The van der Waals surface area contributed by atoms with Gasteiger partial charge in [0.05, 0.1) is 12.2 Å². The second kappa shape index (κ2) is 14.0. The summed E-state index contributed by atoms with van der Waals surface area (Å²) in [6.07, 6.45) is -4.46. The molecule has 0 aromatic carbocycles. The first-order chi connectivity index (χ1) is 15.2. The lowest BCUT2D eigenvalue weighted by atomic mass is 10.1. The summed E-state index contributed by atoms with van der Waals surface area (Å²) in [7, 11) is 0. The lowest BCUT2D eigenvalue weighted by Crippen LogP contribution is -2.60. The Bertz CT molecular complexity index is 742. The normalized spacial score (nSPS) is 16.3. The number of rotatable bonds is 15. The van der Waals surface area contributed by atoms with Gasteiger partial charge in [0, 0.05) is 12.8 Å². The largest absolute Gasteiger partial charge is 0.481 e. The van der Waals surface area contributed by atoms with Gasteiger partial charge in [-0.15, -0.1) is 0 Å². The van der Waals surface area contributed by atoms with Crippen molar-refractivity contribution in [2.45, 2.75) is 75.9 Å². The number of primary amides is 1. The number of carboxylic acids is 2. The van der Waals surface area contributed by atoms with Crippen LogP contribution in [0.15, 0.2) is 0 Å². The molecule has 15 heteroatoms. The molecule has 0 aliphatic carbocycles. The zero-order chi connectivity index (χ0) is 25.9. The van der Waals surface area contributed by atoms with Crippen molar-refractivity contribution in [1.29, 1.82) is 0 Å². The van der Waals surface area contributed by atoms with Gasteiger partial charge in [0.25, 0.3) is 0 Å². The van der Waals surface area contributed by atoms with Gasteiger partial charge in [-0.25, -0.2) is 4.79 Å². The molecule has 0 radical (unpaired) electrons. The first-order valence-electron chi connectivity index (χ1n) is 9.93. The summed E-state index contributed by atoms with van der Waals surface area (Å²) < 4.78 is 0. The SMILES string of the molecule is CC(O)C(N)C(=O)NC(CCC(N)=O)C(=O)NC(C(=O)NC(CCC(=O)O)C(=O)O)C(C)O. The zero-order valence-electron chi connectivity index (χ0n) is 18.2. The number of nitrogens with one attached hydrogen (secondary N) is 3. The van der Waals surface area contributed by atoms with E-state index in [1.165, 1.54) is 6.92 Å². The number of hydrogen-bond acceptors (Lipinski definition) is 9. The smallest absolute Gasteiger partial charge is 0.326 e. The third-order valence-electron chi connectivity index (χ3n) is 4.46. The number of aliphatic hydroxyl groups is 2. The molecule has 0 aliphatic heterocycles. The van der Waals surface area contributed by atoms with Crippen LogP contribution in [-0.4, -0.2) is 92.4 Å². The molecule has 0 heterocycles. The summed E-state index contributed by atoms with van der Waals surface area (Å²) in [5.74, 6) is -6.71. The van der Waals surface area contributed by atoms with E-state index in [2.05, 4.69) is 10.6 Å². The first-order valence-corrected chi connectivity index (χ1v) is 9.93. The van der Waals surface area contributed by atoms with Gasteiger partial charge >= 0.3 is 11.9 Å². The molecule has 0 bridgehead atoms. The van der Waals surface area contributed by atoms with Gasteiger partial charge < -0.3 is 47.8 Å². The van der Waals surface area contributed by atoms with Gasteiger partial charge in [-0.1, -0.05) is 0 Å². The lowest BCUT2D eigenvalue weighted by molar-refractivity contribution is -0.144. The number of aliphatic carboxylic acids is 2. The molecule has 33 heavy (non-hydrogen) atoms. The Morgan fingerprint density at radius 3 is 1.70 bits per heavy atom. The molecule has 15 nitrogen and oxygen atoms in total. The topological polar surface area (TPSA) is 271 Å². The Morgan fingerprint density at radius 2 is 1.27 bits per heavy atom. The molecule has 188 valence electrons. The van der Waals surface area contributed by atoms with Crippen LogP contribution in [0.4, 0.5) is 0 Å². The quantitative estimate of drug-likeness (QED) is 0.109. The van der Waals surface area contributed by atoms with E-state index >= 15 is 0 Å². The molecule has 4 amide bonds. The van der Waals surface area contributed by atoms with E-state index in [0.29, 0.717) is 0 Å². The summed E-state index contributed by atoms with van der Waals surface area (Å²) in [5, 5.41) is 43.6. The molecule has 0 aromatic heterocycles. The van der Waals surface area contributed by atoms with E-state index in [1.54, 1.807) is 0 Å². The van der Waals surface area contributed by atoms with Crippen molar-refractivity contribution in [3.63, 3.8) is 0 Å². The maximum Gasteiger partial charge on any atom is 0.326 e.